The smallest absolute Gasteiger partial charge is 0.410 e. The third kappa shape index (κ3) is 6.47. The van der Waals surface area contributed by atoms with Gasteiger partial charge in [0.15, 0.2) is 0 Å². The molecule has 0 unspecified atom stereocenters. The third-order valence-electron chi connectivity index (χ3n) is 4.00. The highest BCUT2D eigenvalue weighted by molar-refractivity contribution is 5.77. The van der Waals surface area contributed by atoms with Gasteiger partial charge in [0, 0.05) is 13.1 Å². The van der Waals surface area contributed by atoms with Crippen LogP contribution in [0.5, 0.6) is 0 Å². The summed E-state index contributed by atoms with van der Waals surface area (Å²) in [5.41, 5.74) is 0.188. The Balaban J connectivity index is 1.98. The summed E-state index contributed by atoms with van der Waals surface area (Å²) in [6.07, 6.45) is -0.720. The van der Waals surface area contributed by atoms with Crippen molar-refractivity contribution in [3.05, 3.63) is 35.9 Å². The molecule has 2 rings (SSSR count). The standard InChI is InChI=1S/C19H26N2O6/c1-19(2,3)27-17(24)20-10-9-15(11-20)21(12-16(22)23)18(25)26-13-14-7-5-4-6-8-14/h4-8,15H,9-13H2,1-3H3,(H,22,23)/t15-/m0/s1. The molecule has 0 aliphatic carbocycles. The van der Waals surface area contributed by atoms with Crippen LogP contribution in [-0.4, -0.2) is 64.3 Å². The van der Waals surface area contributed by atoms with E-state index in [4.69, 9.17) is 14.6 Å². The first-order valence-corrected chi connectivity index (χ1v) is 8.83. The van der Waals surface area contributed by atoms with Gasteiger partial charge in [-0.15, -0.1) is 0 Å². The minimum atomic E-state index is -1.14. The van der Waals surface area contributed by atoms with Crippen LogP contribution in [0.4, 0.5) is 9.59 Å². The molecule has 8 heteroatoms. The predicted octanol–water partition coefficient (Wildman–Crippen LogP) is 2.72. The van der Waals surface area contributed by atoms with Crippen LogP contribution in [-0.2, 0) is 20.9 Å². The summed E-state index contributed by atoms with van der Waals surface area (Å²) in [5, 5.41) is 9.15. The van der Waals surface area contributed by atoms with E-state index in [0.717, 1.165) is 10.5 Å². The lowest BCUT2D eigenvalue weighted by Gasteiger charge is -2.28. The van der Waals surface area contributed by atoms with Gasteiger partial charge in [-0.3, -0.25) is 9.69 Å². The van der Waals surface area contributed by atoms with Crippen molar-refractivity contribution >= 4 is 18.2 Å². The molecular weight excluding hydrogens is 352 g/mol. The summed E-state index contributed by atoms with van der Waals surface area (Å²) in [6.45, 7) is 5.49. The normalized spacial score (nSPS) is 16.7. The molecule has 0 radical (unpaired) electrons. The van der Waals surface area contributed by atoms with Crippen LogP contribution >= 0.6 is 0 Å². The molecule has 1 fully saturated rings. The zero-order valence-electron chi connectivity index (χ0n) is 15.9. The number of likely N-dealkylation sites (tertiary alicyclic amines) is 1. The maximum atomic E-state index is 12.5. The van der Waals surface area contributed by atoms with E-state index in [1.54, 1.807) is 20.8 Å². The Hall–Kier alpha value is -2.77. The van der Waals surface area contributed by atoms with E-state index in [9.17, 15) is 14.4 Å². The highest BCUT2D eigenvalue weighted by Crippen LogP contribution is 2.20. The molecule has 0 bridgehead atoms. The first-order chi connectivity index (χ1) is 12.7. The number of aliphatic carboxylic acids is 1. The van der Waals surface area contributed by atoms with E-state index in [1.165, 1.54) is 4.90 Å². The second kappa shape index (κ2) is 8.75. The maximum absolute atomic E-state index is 12.5. The number of carbonyl (C=O) groups excluding carboxylic acids is 2. The third-order valence-corrected chi connectivity index (χ3v) is 4.00. The molecule has 1 aromatic carbocycles. The van der Waals surface area contributed by atoms with E-state index in [1.807, 2.05) is 30.3 Å². The minimum absolute atomic E-state index is 0.0539. The van der Waals surface area contributed by atoms with Crippen molar-refractivity contribution in [3.63, 3.8) is 0 Å². The molecular formula is C19H26N2O6. The van der Waals surface area contributed by atoms with Gasteiger partial charge in [-0.25, -0.2) is 9.59 Å². The number of nitrogens with zero attached hydrogens (tertiary/aromatic N) is 2. The highest BCUT2D eigenvalue weighted by Gasteiger charge is 2.36. The topological polar surface area (TPSA) is 96.4 Å². The van der Waals surface area contributed by atoms with Crippen LogP contribution in [0.2, 0.25) is 0 Å². The first kappa shape index (κ1) is 20.5. The Kier molecular flexibility index (Phi) is 6.65. The molecule has 0 aromatic heterocycles. The van der Waals surface area contributed by atoms with Crippen LogP contribution in [0.3, 0.4) is 0 Å². The highest BCUT2D eigenvalue weighted by atomic mass is 16.6. The van der Waals surface area contributed by atoms with E-state index in [0.29, 0.717) is 13.0 Å². The van der Waals surface area contributed by atoms with Gasteiger partial charge < -0.3 is 19.5 Å². The van der Waals surface area contributed by atoms with Crippen LogP contribution in [0.15, 0.2) is 30.3 Å². The number of carboxylic acids is 1. The zero-order chi connectivity index (χ0) is 20.0. The number of rotatable bonds is 5. The summed E-state index contributed by atoms with van der Waals surface area (Å²) in [4.78, 5) is 38.5. The second-order valence-corrected chi connectivity index (χ2v) is 7.43. The molecule has 2 amide bonds. The van der Waals surface area contributed by atoms with Crippen molar-refractivity contribution in [2.75, 3.05) is 19.6 Å². The summed E-state index contributed by atoms with van der Waals surface area (Å²) >= 11 is 0. The van der Waals surface area contributed by atoms with Crippen molar-refractivity contribution in [1.82, 2.24) is 9.80 Å². The van der Waals surface area contributed by atoms with Gasteiger partial charge in [0.25, 0.3) is 0 Å². The fourth-order valence-electron chi connectivity index (χ4n) is 2.78. The molecule has 1 aliphatic heterocycles. The Labute approximate surface area is 158 Å². The number of ether oxygens (including phenoxy) is 2. The van der Waals surface area contributed by atoms with Crippen molar-refractivity contribution in [2.24, 2.45) is 0 Å². The van der Waals surface area contributed by atoms with Gasteiger partial charge in [0.05, 0.1) is 6.04 Å². The molecule has 0 spiro atoms. The van der Waals surface area contributed by atoms with E-state index < -0.39 is 36.3 Å². The number of carboxylic acid groups (broad SMARTS) is 1. The lowest BCUT2D eigenvalue weighted by molar-refractivity contribution is -0.138. The SMILES string of the molecule is CC(C)(C)OC(=O)N1CC[C@H](N(CC(=O)O)C(=O)OCc2ccccc2)C1. The molecule has 1 saturated heterocycles. The fourth-order valence-corrected chi connectivity index (χ4v) is 2.78. The summed E-state index contributed by atoms with van der Waals surface area (Å²) in [6, 6.07) is 8.70. The molecule has 8 nitrogen and oxygen atoms in total. The summed E-state index contributed by atoms with van der Waals surface area (Å²) in [7, 11) is 0. The monoisotopic (exact) mass is 378 g/mol. The van der Waals surface area contributed by atoms with Crippen molar-refractivity contribution in [3.8, 4) is 0 Å². The minimum Gasteiger partial charge on any atom is -0.480 e. The quantitative estimate of drug-likeness (QED) is 0.846. The maximum Gasteiger partial charge on any atom is 0.410 e. The second-order valence-electron chi connectivity index (χ2n) is 7.43. The van der Waals surface area contributed by atoms with Gasteiger partial charge in [0.2, 0.25) is 0 Å². The van der Waals surface area contributed by atoms with Gasteiger partial charge in [-0.1, -0.05) is 30.3 Å². The Morgan fingerprint density at radius 2 is 1.89 bits per heavy atom. The number of carbonyl (C=O) groups is 3. The molecule has 1 aliphatic rings. The first-order valence-electron chi connectivity index (χ1n) is 8.83. The van der Waals surface area contributed by atoms with E-state index in [-0.39, 0.29) is 13.2 Å². The van der Waals surface area contributed by atoms with Gasteiger partial charge in [-0.05, 0) is 32.8 Å². The average Bonchev–Trinajstić information content (AvgIpc) is 3.07. The Morgan fingerprint density at radius 1 is 1.22 bits per heavy atom. The number of amides is 2. The summed E-state index contributed by atoms with van der Waals surface area (Å²) in [5.74, 6) is -1.14. The lowest BCUT2D eigenvalue weighted by atomic mass is 10.2. The molecule has 148 valence electrons. The van der Waals surface area contributed by atoms with Gasteiger partial charge in [-0.2, -0.15) is 0 Å². The Morgan fingerprint density at radius 3 is 2.48 bits per heavy atom. The fraction of sp³-hybridized carbons (Fsp3) is 0.526. The van der Waals surface area contributed by atoms with Crippen LogP contribution < -0.4 is 0 Å². The molecule has 1 aromatic rings. The lowest BCUT2D eigenvalue weighted by Crippen LogP contribution is -2.46. The molecule has 0 saturated carbocycles. The Bertz CT molecular complexity index is 671. The van der Waals surface area contributed by atoms with E-state index in [2.05, 4.69) is 0 Å². The van der Waals surface area contributed by atoms with Crippen LogP contribution in [0.25, 0.3) is 0 Å². The van der Waals surface area contributed by atoms with Gasteiger partial charge in [0.1, 0.15) is 18.8 Å². The number of benzene rings is 1. The molecule has 1 atom stereocenters. The number of hydrogen-bond acceptors (Lipinski definition) is 5. The number of hydrogen-bond donors (Lipinski definition) is 1. The van der Waals surface area contributed by atoms with Crippen molar-refractivity contribution < 1.29 is 29.0 Å². The molecule has 1 N–H and O–H groups in total. The summed E-state index contributed by atoms with van der Waals surface area (Å²) < 4.78 is 10.6. The van der Waals surface area contributed by atoms with E-state index >= 15 is 0 Å². The van der Waals surface area contributed by atoms with Gasteiger partial charge >= 0.3 is 18.2 Å². The predicted molar refractivity (Wildman–Crippen MR) is 97.2 cm³/mol. The molecule has 27 heavy (non-hydrogen) atoms. The van der Waals surface area contributed by atoms with Crippen molar-refractivity contribution in [1.29, 1.82) is 0 Å². The zero-order valence-corrected chi connectivity index (χ0v) is 15.9. The van der Waals surface area contributed by atoms with Crippen LogP contribution in [0.1, 0.15) is 32.8 Å². The largest absolute Gasteiger partial charge is 0.480 e. The van der Waals surface area contributed by atoms with Crippen LogP contribution in [0, 0.1) is 0 Å². The molecule has 1 heterocycles. The average molecular weight is 378 g/mol. The van der Waals surface area contributed by atoms with Crippen molar-refractivity contribution in [2.45, 2.75) is 45.4 Å².